The molecule has 2 N–H and O–H groups in total. The second kappa shape index (κ2) is 6.84. The molecule has 1 aliphatic heterocycles. The van der Waals surface area contributed by atoms with Gasteiger partial charge in [0.05, 0.1) is 5.92 Å². The van der Waals surface area contributed by atoms with Crippen LogP contribution < -0.4 is 10.6 Å². The summed E-state index contributed by atoms with van der Waals surface area (Å²) in [7, 11) is 0. The molecule has 19 heavy (non-hydrogen) atoms. The number of nitrogens with one attached hydrogen (secondary N) is 2. The lowest BCUT2D eigenvalue weighted by Crippen LogP contribution is -2.38. The molecule has 100 valence electrons. The molecule has 0 radical (unpaired) electrons. The molecule has 3 nitrogen and oxygen atoms in total. The summed E-state index contributed by atoms with van der Waals surface area (Å²) in [6.45, 7) is 1.44. The molecule has 1 aromatic carbocycles. The van der Waals surface area contributed by atoms with Gasteiger partial charge in [-0.1, -0.05) is 18.2 Å². The average Bonchev–Trinajstić information content (AvgIpc) is 2.46. The lowest BCUT2D eigenvalue weighted by molar-refractivity contribution is -0.124. The van der Waals surface area contributed by atoms with Crippen LogP contribution in [0.25, 0.3) is 0 Å². The lowest BCUT2D eigenvalue weighted by atomic mass is 9.93. The van der Waals surface area contributed by atoms with Crippen LogP contribution in [0.1, 0.15) is 24.8 Å². The van der Waals surface area contributed by atoms with E-state index in [1.807, 2.05) is 12.1 Å². The Hall–Kier alpha value is -1.95. The van der Waals surface area contributed by atoms with Gasteiger partial charge in [-0.05, 0) is 30.9 Å². The predicted octanol–water partition coefficient (Wildman–Crippen LogP) is 2.19. The minimum absolute atomic E-state index is 0.0301. The van der Waals surface area contributed by atoms with E-state index in [0.29, 0.717) is 6.54 Å². The van der Waals surface area contributed by atoms with Gasteiger partial charge in [0.25, 0.3) is 0 Å². The predicted molar refractivity (Wildman–Crippen MR) is 77.8 cm³/mol. The second-order valence-corrected chi connectivity index (χ2v) is 4.89. The topological polar surface area (TPSA) is 41.1 Å². The molecule has 1 heterocycles. The van der Waals surface area contributed by atoms with Crippen molar-refractivity contribution in [1.82, 2.24) is 5.32 Å². The number of anilines is 1. The fourth-order valence-electron chi connectivity index (χ4n) is 2.33. The molecule has 0 aliphatic carbocycles. The fraction of sp³-hybridized carbons (Fsp3) is 0.438. The summed E-state index contributed by atoms with van der Waals surface area (Å²) in [5, 5.41) is 6.31. The second-order valence-electron chi connectivity index (χ2n) is 4.89. The van der Waals surface area contributed by atoms with Crippen LogP contribution in [0.3, 0.4) is 0 Å². The zero-order valence-corrected chi connectivity index (χ0v) is 11.1. The molecular formula is C16H20N2O. The minimum atomic E-state index is 0.0301. The number of carbonyl (C=O) groups is 1. The summed E-state index contributed by atoms with van der Waals surface area (Å²) >= 11 is 0. The molecule has 0 saturated carbocycles. The van der Waals surface area contributed by atoms with E-state index in [4.69, 9.17) is 6.42 Å². The molecule has 1 aromatic rings. The molecule has 1 aliphatic rings. The normalized spacial score (nSPS) is 16.9. The third-order valence-corrected chi connectivity index (χ3v) is 3.44. The van der Waals surface area contributed by atoms with Crippen LogP contribution in [0.15, 0.2) is 24.3 Å². The van der Waals surface area contributed by atoms with Crippen molar-refractivity contribution in [2.45, 2.75) is 25.7 Å². The highest BCUT2D eigenvalue weighted by Crippen LogP contribution is 2.24. The van der Waals surface area contributed by atoms with E-state index >= 15 is 0 Å². The standard InChI is InChI=1S/C16H20N2O/c1-2-3-4-7-10-17-16(19)14-11-13-8-5-6-9-15(13)18-12-14/h1,5-6,8-9,14,18H,3-4,7,10-12H2,(H,17,19). The first-order valence-corrected chi connectivity index (χ1v) is 6.84. The first kappa shape index (κ1) is 13.5. The Labute approximate surface area is 114 Å². The van der Waals surface area contributed by atoms with Gasteiger partial charge in [0.15, 0.2) is 0 Å². The van der Waals surface area contributed by atoms with E-state index < -0.39 is 0 Å². The number of hydrogen-bond donors (Lipinski definition) is 2. The molecule has 0 bridgehead atoms. The molecule has 0 fully saturated rings. The summed E-state index contributed by atoms with van der Waals surface area (Å²) in [6, 6.07) is 8.16. The van der Waals surface area contributed by atoms with E-state index in [1.54, 1.807) is 0 Å². The van der Waals surface area contributed by atoms with Crippen LogP contribution in [0.4, 0.5) is 5.69 Å². The van der Waals surface area contributed by atoms with Gasteiger partial charge >= 0.3 is 0 Å². The van der Waals surface area contributed by atoms with Gasteiger partial charge < -0.3 is 10.6 Å². The number of fused-ring (bicyclic) bond motifs is 1. The molecular weight excluding hydrogens is 236 g/mol. The van der Waals surface area contributed by atoms with Crippen LogP contribution >= 0.6 is 0 Å². The van der Waals surface area contributed by atoms with Crippen LogP contribution in [0, 0.1) is 18.3 Å². The van der Waals surface area contributed by atoms with Crippen molar-refractivity contribution in [2.24, 2.45) is 5.92 Å². The minimum Gasteiger partial charge on any atom is -0.384 e. The van der Waals surface area contributed by atoms with Crippen molar-refractivity contribution in [2.75, 3.05) is 18.4 Å². The van der Waals surface area contributed by atoms with Gasteiger partial charge in [-0.2, -0.15) is 0 Å². The van der Waals surface area contributed by atoms with Crippen LogP contribution in [0.5, 0.6) is 0 Å². The van der Waals surface area contributed by atoms with Crippen LogP contribution in [-0.2, 0) is 11.2 Å². The third kappa shape index (κ3) is 3.75. The van der Waals surface area contributed by atoms with Gasteiger partial charge in [0, 0.05) is 25.2 Å². The highest BCUT2D eigenvalue weighted by molar-refractivity contribution is 5.80. The summed E-state index contributed by atoms with van der Waals surface area (Å²) in [5.74, 6) is 2.78. The first-order chi connectivity index (χ1) is 9.31. The van der Waals surface area contributed by atoms with Gasteiger partial charge in [-0.3, -0.25) is 4.79 Å². The van der Waals surface area contributed by atoms with Crippen molar-refractivity contribution >= 4 is 11.6 Å². The van der Waals surface area contributed by atoms with E-state index in [0.717, 1.165) is 37.9 Å². The molecule has 2 rings (SSSR count). The Bertz CT molecular complexity index is 476. The first-order valence-electron chi connectivity index (χ1n) is 6.84. The summed E-state index contributed by atoms with van der Waals surface area (Å²) < 4.78 is 0. The molecule has 1 amide bonds. The van der Waals surface area contributed by atoms with Gasteiger partial charge in [-0.15, -0.1) is 12.3 Å². The van der Waals surface area contributed by atoms with Crippen molar-refractivity contribution in [3.63, 3.8) is 0 Å². The number of carbonyl (C=O) groups excluding carboxylic acids is 1. The third-order valence-electron chi connectivity index (χ3n) is 3.44. The molecule has 1 atom stereocenters. The van der Waals surface area contributed by atoms with E-state index in [9.17, 15) is 4.79 Å². The number of para-hydroxylation sites is 1. The van der Waals surface area contributed by atoms with Crippen LogP contribution in [-0.4, -0.2) is 19.0 Å². The van der Waals surface area contributed by atoms with Crippen molar-refractivity contribution in [1.29, 1.82) is 0 Å². The molecule has 0 spiro atoms. The van der Waals surface area contributed by atoms with Crippen LogP contribution in [0.2, 0.25) is 0 Å². The van der Waals surface area contributed by atoms with E-state index in [1.165, 1.54) is 5.56 Å². The van der Waals surface area contributed by atoms with Gasteiger partial charge in [0.2, 0.25) is 5.91 Å². The molecule has 0 aromatic heterocycles. The Morgan fingerprint density at radius 3 is 3.11 bits per heavy atom. The van der Waals surface area contributed by atoms with E-state index in [2.05, 4.69) is 28.7 Å². The van der Waals surface area contributed by atoms with E-state index in [-0.39, 0.29) is 11.8 Å². The zero-order valence-electron chi connectivity index (χ0n) is 11.1. The highest BCUT2D eigenvalue weighted by Gasteiger charge is 2.23. The number of rotatable bonds is 5. The maximum atomic E-state index is 12.0. The Kier molecular flexibility index (Phi) is 4.85. The molecule has 0 saturated heterocycles. The van der Waals surface area contributed by atoms with Crippen molar-refractivity contribution in [3.05, 3.63) is 29.8 Å². The lowest BCUT2D eigenvalue weighted by Gasteiger charge is -2.25. The Morgan fingerprint density at radius 2 is 2.26 bits per heavy atom. The SMILES string of the molecule is C#CCCCCNC(=O)C1CNc2ccccc2C1. The largest absolute Gasteiger partial charge is 0.384 e. The summed E-state index contributed by atoms with van der Waals surface area (Å²) in [6.07, 6.45) is 8.72. The Balaban J connectivity index is 1.78. The number of terminal acetylenes is 1. The number of hydrogen-bond acceptors (Lipinski definition) is 2. The maximum Gasteiger partial charge on any atom is 0.225 e. The fourth-order valence-corrected chi connectivity index (χ4v) is 2.33. The smallest absolute Gasteiger partial charge is 0.225 e. The Morgan fingerprint density at radius 1 is 1.42 bits per heavy atom. The number of benzene rings is 1. The highest BCUT2D eigenvalue weighted by atomic mass is 16.1. The van der Waals surface area contributed by atoms with Crippen molar-refractivity contribution < 1.29 is 4.79 Å². The monoisotopic (exact) mass is 256 g/mol. The average molecular weight is 256 g/mol. The molecule has 3 heteroatoms. The summed E-state index contributed by atoms with van der Waals surface area (Å²) in [4.78, 5) is 12.0. The van der Waals surface area contributed by atoms with Crippen molar-refractivity contribution in [3.8, 4) is 12.3 Å². The summed E-state index contributed by atoms with van der Waals surface area (Å²) in [5.41, 5.74) is 2.38. The van der Waals surface area contributed by atoms with Gasteiger partial charge in [0.1, 0.15) is 0 Å². The molecule has 1 unspecified atom stereocenters. The number of amides is 1. The quantitative estimate of drug-likeness (QED) is 0.626. The van der Waals surface area contributed by atoms with Gasteiger partial charge in [-0.25, -0.2) is 0 Å². The maximum absolute atomic E-state index is 12.0. The number of unbranched alkanes of at least 4 members (excludes halogenated alkanes) is 2. The zero-order chi connectivity index (χ0) is 13.5.